The van der Waals surface area contributed by atoms with Crippen LogP contribution in [-0.2, 0) is 6.54 Å². The first kappa shape index (κ1) is 19.5. The van der Waals surface area contributed by atoms with E-state index in [1.807, 2.05) is 78.3 Å². The van der Waals surface area contributed by atoms with Gasteiger partial charge < -0.3 is 5.32 Å². The van der Waals surface area contributed by atoms with Gasteiger partial charge in [-0.25, -0.2) is 9.50 Å². The van der Waals surface area contributed by atoms with Gasteiger partial charge in [-0.1, -0.05) is 41.9 Å². The van der Waals surface area contributed by atoms with Crippen LogP contribution in [0.1, 0.15) is 24.4 Å². The predicted octanol–water partition coefficient (Wildman–Crippen LogP) is 4.54. The van der Waals surface area contributed by atoms with Crippen molar-refractivity contribution in [2.75, 3.05) is 0 Å². The molecule has 1 atom stereocenters. The third-order valence-electron chi connectivity index (χ3n) is 5.42. The molecule has 0 radical (unpaired) electrons. The molecule has 0 bridgehead atoms. The van der Waals surface area contributed by atoms with Gasteiger partial charge in [-0.15, -0.1) is 0 Å². The van der Waals surface area contributed by atoms with Gasteiger partial charge in [0.15, 0.2) is 5.65 Å². The number of rotatable bonds is 5. The number of halogens is 1. The van der Waals surface area contributed by atoms with Crippen molar-refractivity contribution in [3.63, 3.8) is 0 Å². The van der Waals surface area contributed by atoms with E-state index in [1.54, 1.807) is 16.8 Å². The Hall–Kier alpha value is -3.48. The highest BCUT2D eigenvalue weighted by molar-refractivity contribution is 6.35. The van der Waals surface area contributed by atoms with E-state index in [9.17, 15) is 4.79 Å². The second kappa shape index (κ2) is 7.98. The molecule has 0 aliphatic carbocycles. The number of benzene rings is 2. The van der Waals surface area contributed by atoms with Crippen molar-refractivity contribution in [3.8, 4) is 5.69 Å². The Kier molecular flexibility index (Phi) is 5.02. The summed E-state index contributed by atoms with van der Waals surface area (Å²) >= 11 is 6.39. The predicted molar refractivity (Wildman–Crippen MR) is 123 cm³/mol. The number of nitrogens with zero attached hydrogens (tertiary/aromatic N) is 4. The fraction of sp³-hybridized carbons (Fsp3) is 0.125. The van der Waals surface area contributed by atoms with Crippen LogP contribution in [-0.4, -0.2) is 19.2 Å². The van der Waals surface area contributed by atoms with Gasteiger partial charge >= 0.3 is 0 Å². The fourth-order valence-electron chi connectivity index (χ4n) is 3.86. The van der Waals surface area contributed by atoms with Crippen LogP contribution < -0.4 is 10.9 Å². The van der Waals surface area contributed by atoms with Gasteiger partial charge in [0, 0.05) is 30.2 Å². The lowest BCUT2D eigenvalue weighted by Crippen LogP contribution is -2.28. The highest BCUT2D eigenvalue weighted by Gasteiger charge is 2.18. The lowest BCUT2D eigenvalue weighted by Gasteiger charge is -2.21. The number of imidazole rings is 1. The zero-order valence-corrected chi connectivity index (χ0v) is 17.6. The molecule has 0 fully saturated rings. The third-order valence-corrected chi connectivity index (χ3v) is 5.74. The molecule has 0 aliphatic rings. The molecule has 5 aromatic rings. The lowest BCUT2D eigenvalue weighted by molar-refractivity contribution is 0.538. The lowest BCUT2D eigenvalue weighted by atomic mass is 10.1. The number of aromatic nitrogens is 4. The zero-order valence-electron chi connectivity index (χ0n) is 16.9. The standard InChI is InChI=1S/C24H20ClN5O/c1-16(26-14-19-15-27-22-11-6-12-28-30(19)22)21-13-17-7-5-10-20(25)23(17)24(31)29(21)18-8-3-2-4-9-18/h2-13,15-16,26H,14H2,1H3/t16-/m0/s1. The minimum absolute atomic E-state index is 0.120. The highest BCUT2D eigenvalue weighted by atomic mass is 35.5. The fourth-order valence-corrected chi connectivity index (χ4v) is 4.13. The molecule has 0 aliphatic heterocycles. The van der Waals surface area contributed by atoms with Gasteiger partial charge in [0.25, 0.3) is 5.56 Å². The molecule has 0 spiro atoms. The van der Waals surface area contributed by atoms with Crippen LogP contribution in [0.4, 0.5) is 0 Å². The Morgan fingerprint density at radius 3 is 2.74 bits per heavy atom. The normalized spacial score (nSPS) is 12.5. The summed E-state index contributed by atoms with van der Waals surface area (Å²) in [5.74, 6) is 0. The first-order valence-corrected chi connectivity index (χ1v) is 10.4. The van der Waals surface area contributed by atoms with Gasteiger partial charge in [0.2, 0.25) is 0 Å². The van der Waals surface area contributed by atoms with Crippen molar-refractivity contribution in [2.45, 2.75) is 19.5 Å². The van der Waals surface area contributed by atoms with Crippen molar-refractivity contribution < 1.29 is 0 Å². The Bertz CT molecular complexity index is 1440. The summed E-state index contributed by atoms with van der Waals surface area (Å²) in [6.07, 6.45) is 3.55. The van der Waals surface area contributed by atoms with E-state index in [1.165, 1.54) is 0 Å². The largest absolute Gasteiger partial charge is 0.303 e. The Balaban J connectivity index is 1.58. The van der Waals surface area contributed by atoms with Gasteiger partial charge in [0.05, 0.1) is 22.3 Å². The summed E-state index contributed by atoms with van der Waals surface area (Å²) in [5, 5.41) is 9.68. The van der Waals surface area contributed by atoms with E-state index in [2.05, 4.69) is 15.4 Å². The number of hydrogen-bond acceptors (Lipinski definition) is 4. The average Bonchev–Trinajstić information content (AvgIpc) is 3.21. The number of hydrogen-bond donors (Lipinski definition) is 1. The van der Waals surface area contributed by atoms with Gasteiger partial charge in [-0.05, 0) is 48.7 Å². The number of pyridine rings is 1. The van der Waals surface area contributed by atoms with Crippen LogP contribution in [0.5, 0.6) is 0 Å². The SMILES string of the molecule is C[C@H](NCc1cnc2cccnn12)c1cc2cccc(Cl)c2c(=O)n1-c1ccccc1. The average molecular weight is 430 g/mol. The van der Waals surface area contributed by atoms with Gasteiger partial charge in [-0.2, -0.15) is 5.10 Å². The van der Waals surface area contributed by atoms with Gasteiger partial charge in [0.1, 0.15) is 0 Å². The second-order valence-corrected chi connectivity index (χ2v) is 7.80. The van der Waals surface area contributed by atoms with E-state index in [0.717, 1.165) is 28.1 Å². The summed E-state index contributed by atoms with van der Waals surface area (Å²) in [6, 6.07) is 20.8. The second-order valence-electron chi connectivity index (χ2n) is 7.40. The summed E-state index contributed by atoms with van der Waals surface area (Å²) in [5.41, 5.74) is 3.27. The quantitative estimate of drug-likeness (QED) is 0.445. The minimum atomic E-state index is -0.130. The highest BCUT2D eigenvalue weighted by Crippen LogP contribution is 2.25. The van der Waals surface area contributed by atoms with E-state index >= 15 is 0 Å². The van der Waals surface area contributed by atoms with Gasteiger partial charge in [-0.3, -0.25) is 9.36 Å². The molecular weight excluding hydrogens is 410 g/mol. The maximum absolute atomic E-state index is 13.5. The van der Waals surface area contributed by atoms with E-state index in [0.29, 0.717) is 17.0 Å². The summed E-state index contributed by atoms with van der Waals surface area (Å²) in [6.45, 7) is 2.59. The van der Waals surface area contributed by atoms with E-state index < -0.39 is 0 Å². The molecule has 0 unspecified atom stereocenters. The molecule has 2 aromatic carbocycles. The topological polar surface area (TPSA) is 64.2 Å². The monoisotopic (exact) mass is 429 g/mol. The van der Waals surface area contributed by atoms with Crippen LogP contribution in [0, 0.1) is 0 Å². The molecule has 154 valence electrons. The molecule has 0 saturated carbocycles. The molecule has 3 heterocycles. The number of para-hydroxylation sites is 1. The summed E-state index contributed by atoms with van der Waals surface area (Å²) in [7, 11) is 0. The first-order chi connectivity index (χ1) is 15.1. The van der Waals surface area contributed by atoms with Crippen molar-refractivity contribution in [1.29, 1.82) is 0 Å². The molecule has 7 heteroatoms. The van der Waals surface area contributed by atoms with Crippen LogP contribution in [0.25, 0.3) is 22.1 Å². The smallest absolute Gasteiger partial charge is 0.264 e. The molecule has 0 saturated heterocycles. The van der Waals surface area contributed by atoms with Crippen molar-refractivity contribution in [2.24, 2.45) is 0 Å². The van der Waals surface area contributed by atoms with Crippen LogP contribution in [0.15, 0.2) is 83.9 Å². The molecular formula is C24H20ClN5O. The number of fused-ring (bicyclic) bond motifs is 2. The minimum Gasteiger partial charge on any atom is -0.303 e. The molecule has 1 N–H and O–H groups in total. The number of nitrogens with one attached hydrogen (secondary N) is 1. The Labute approximate surface area is 183 Å². The van der Waals surface area contributed by atoms with Crippen molar-refractivity contribution >= 4 is 28.0 Å². The third kappa shape index (κ3) is 3.50. The van der Waals surface area contributed by atoms with E-state index in [4.69, 9.17) is 11.6 Å². The van der Waals surface area contributed by atoms with Crippen molar-refractivity contribution in [3.05, 3.63) is 106 Å². The molecule has 5 rings (SSSR count). The maximum atomic E-state index is 13.5. The zero-order chi connectivity index (χ0) is 21.4. The Morgan fingerprint density at radius 2 is 1.90 bits per heavy atom. The Morgan fingerprint density at radius 1 is 1.06 bits per heavy atom. The molecule has 3 aromatic heterocycles. The first-order valence-electron chi connectivity index (χ1n) is 10.0. The molecule has 6 nitrogen and oxygen atoms in total. The van der Waals surface area contributed by atoms with Crippen LogP contribution >= 0.6 is 11.6 Å². The van der Waals surface area contributed by atoms with Crippen molar-refractivity contribution in [1.82, 2.24) is 24.5 Å². The molecule has 31 heavy (non-hydrogen) atoms. The van der Waals surface area contributed by atoms with Crippen LogP contribution in [0.2, 0.25) is 5.02 Å². The maximum Gasteiger partial charge on any atom is 0.264 e. The summed E-state index contributed by atoms with van der Waals surface area (Å²) < 4.78 is 3.54. The summed E-state index contributed by atoms with van der Waals surface area (Å²) in [4.78, 5) is 17.9. The molecule has 0 amide bonds. The van der Waals surface area contributed by atoms with Crippen LogP contribution in [0.3, 0.4) is 0 Å². The van der Waals surface area contributed by atoms with E-state index in [-0.39, 0.29) is 11.6 Å².